The molecule has 4 heterocycles. The lowest BCUT2D eigenvalue weighted by Gasteiger charge is -2.42. The van der Waals surface area contributed by atoms with Crippen LogP contribution >= 0.6 is 0 Å². The number of aromatic hydroxyl groups is 2. The van der Waals surface area contributed by atoms with Gasteiger partial charge in [-0.2, -0.15) is 0 Å². The first-order valence-corrected chi connectivity index (χ1v) is 13.8. The average Bonchev–Trinajstić information content (AvgIpc) is 3.14. The summed E-state index contributed by atoms with van der Waals surface area (Å²) in [6, 6.07) is 0. The summed E-state index contributed by atoms with van der Waals surface area (Å²) in [5.74, 6) is -1.76. The van der Waals surface area contributed by atoms with E-state index in [-0.39, 0.29) is 33.4 Å². The van der Waals surface area contributed by atoms with Gasteiger partial charge in [-0.3, -0.25) is 9.59 Å². The van der Waals surface area contributed by atoms with Crippen molar-refractivity contribution in [3.8, 4) is 11.5 Å². The Hall–Kier alpha value is -2.80. The number of hydrogen-bond acceptors (Lipinski definition) is 11. The SMILES string of the molecule is C=C1C[C@@H]2O[C@@H](C)C3=C(C(=O)c4c(O)c5c(c(O)c4C3=O)C34C5OC(C)C3(O)C4O[C@H]3CC[C@H](O)[C@H](C)O3)[C@@H]2O1. The molecule has 4 aliphatic heterocycles. The number of benzene rings is 1. The van der Waals surface area contributed by atoms with Crippen molar-refractivity contribution in [1.82, 2.24) is 0 Å². The van der Waals surface area contributed by atoms with E-state index in [1.807, 2.05) is 0 Å². The lowest BCUT2D eigenvalue weighted by Crippen LogP contribution is -2.45. The number of aliphatic hydroxyl groups is 2. The van der Waals surface area contributed by atoms with E-state index in [1.54, 1.807) is 20.8 Å². The molecule has 5 unspecified atom stereocenters. The molecule has 11 nitrogen and oxygen atoms in total. The van der Waals surface area contributed by atoms with Gasteiger partial charge in [-0.05, 0) is 27.2 Å². The minimum absolute atomic E-state index is 0.0783. The highest BCUT2D eigenvalue weighted by atomic mass is 16.7. The van der Waals surface area contributed by atoms with E-state index in [2.05, 4.69) is 6.58 Å². The third-order valence-corrected chi connectivity index (χ3v) is 10.2. The van der Waals surface area contributed by atoms with Crippen molar-refractivity contribution in [1.29, 1.82) is 0 Å². The Labute approximate surface area is 228 Å². The molecule has 1 spiro atoms. The fourth-order valence-electron chi connectivity index (χ4n) is 8.25. The first-order valence-electron chi connectivity index (χ1n) is 13.8. The predicted molar refractivity (Wildman–Crippen MR) is 133 cm³/mol. The zero-order chi connectivity index (χ0) is 28.2. The highest BCUT2D eigenvalue weighted by molar-refractivity contribution is 6.30. The van der Waals surface area contributed by atoms with E-state index in [0.717, 1.165) is 0 Å². The summed E-state index contributed by atoms with van der Waals surface area (Å²) in [6.07, 6.45) is -5.12. The van der Waals surface area contributed by atoms with E-state index in [1.165, 1.54) is 0 Å². The second-order valence-electron chi connectivity index (χ2n) is 12.1. The molecule has 0 aromatic heterocycles. The number of Topliss-reactive ketones (excluding diaryl/α,β-unsaturated/α-hetero) is 2. The van der Waals surface area contributed by atoms with Gasteiger partial charge in [0, 0.05) is 29.5 Å². The minimum atomic E-state index is -1.57. The zero-order valence-electron chi connectivity index (χ0n) is 22.2. The Bertz CT molecular complexity index is 1480. The molecule has 0 bridgehead atoms. The summed E-state index contributed by atoms with van der Waals surface area (Å²) in [4.78, 5) is 27.9. The van der Waals surface area contributed by atoms with E-state index in [0.29, 0.717) is 25.0 Å². The number of fused-ring (bicyclic) bond motifs is 5. The topological polar surface area (TPSA) is 161 Å². The van der Waals surface area contributed by atoms with Gasteiger partial charge in [0.1, 0.15) is 35.4 Å². The Kier molecular flexibility index (Phi) is 4.69. The summed E-state index contributed by atoms with van der Waals surface area (Å²) < 4.78 is 29.9. The smallest absolute Gasteiger partial charge is 0.197 e. The standard InChI is InChI=1S/C29H30O11/c1-8-7-13-25(36-8)18-15(10(3)37-13)21(31)17-16(22(18)32)23(33)19-20(24(17)34)28-26(19)39-11(4)29(28,35)27(28)40-14-6-5-12(30)9(2)38-14/h9-14,25-27,30,33-35H,1,5-7H2,2-4H3/t9-,10-,11?,12-,13-,14-,25+,26?,27?,28?,29?/m0/s1. The van der Waals surface area contributed by atoms with Gasteiger partial charge in [0.25, 0.3) is 0 Å². The average molecular weight is 555 g/mol. The van der Waals surface area contributed by atoms with Crippen molar-refractivity contribution < 1.29 is 53.7 Å². The summed E-state index contributed by atoms with van der Waals surface area (Å²) in [5, 5.41) is 45.0. The number of hydrogen-bond donors (Lipinski definition) is 4. The largest absolute Gasteiger partial charge is 0.507 e. The van der Waals surface area contributed by atoms with Gasteiger partial charge in [0.15, 0.2) is 24.0 Å². The number of ketones is 2. The van der Waals surface area contributed by atoms with Crippen LogP contribution in [0.5, 0.6) is 11.5 Å². The molecule has 0 amide bonds. The highest BCUT2D eigenvalue weighted by Crippen LogP contribution is 2.82. The molecule has 0 radical (unpaired) electrons. The minimum Gasteiger partial charge on any atom is -0.507 e. The molecule has 11 heteroatoms. The molecule has 3 saturated heterocycles. The second kappa shape index (κ2) is 7.53. The lowest BCUT2D eigenvalue weighted by atomic mass is 9.65. The van der Waals surface area contributed by atoms with Crippen LogP contribution in [0.15, 0.2) is 23.5 Å². The molecule has 1 aromatic rings. The quantitative estimate of drug-likeness (QED) is 0.393. The number of carbonyl (C=O) groups is 2. The van der Waals surface area contributed by atoms with Crippen LogP contribution < -0.4 is 0 Å². The van der Waals surface area contributed by atoms with E-state index in [9.17, 15) is 30.0 Å². The van der Waals surface area contributed by atoms with Gasteiger partial charge in [0.05, 0.1) is 52.3 Å². The number of carbonyl (C=O) groups excluding carboxylic acids is 2. The van der Waals surface area contributed by atoms with Gasteiger partial charge < -0.3 is 44.1 Å². The molecule has 11 atom stereocenters. The molecule has 3 aliphatic carbocycles. The van der Waals surface area contributed by atoms with Gasteiger partial charge >= 0.3 is 0 Å². The van der Waals surface area contributed by atoms with Crippen LogP contribution in [0.25, 0.3) is 0 Å². The van der Waals surface area contributed by atoms with E-state index in [4.69, 9.17) is 23.7 Å². The van der Waals surface area contributed by atoms with E-state index >= 15 is 0 Å². The zero-order valence-corrected chi connectivity index (χ0v) is 22.2. The van der Waals surface area contributed by atoms with Crippen LogP contribution in [0.4, 0.5) is 0 Å². The molecular formula is C29H30O11. The van der Waals surface area contributed by atoms with Crippen molar-refractivity contribution in [3.63, 3.8) is 0 Å². The molecule has 4 fully saturated rings. The van der Waals surface area contributed by atoms with Gasteiger partial charge in [0.2, 0.25) is 0 Å². The monoisotopic (exact) mass is 554 g/mol. The third-order valence-electron chi connectivity index (χ3n) is 10.2. The molecular weight excluding hydrogens is 524 g/mol. The van der Waals surface area contributed by atoms with Gasteiger partial charge in [-0.15, -0.1) is 0 Å². The molecule has 8 rings (SSSR count). The van der Waals surface area contributed by atoms with Crippen molar-refractivity contribution in [3.05, 3.63) is 45.7 Å². The van der Waals surface area contributed by atoms with E-state index < -0.39 is 89.2 Å². The second-order valence-corrected chi connectivity index (χ2v) is 12.1. The van der Waals surface area contributed by atoms with Crippen LogP contribution in [-0.4, -0.2) is 86.6 Å². The number of aliphatic hydroxyl groups excluding tert-OH is 1. The molecule has 7 aliphatic rings. The van der Waals surface area contributed by atoms with Crippen molar-refractivity contribution >= 4 is 11.6 Å². The normalized spacial score (nSPS) is 46.0. The van der Waals surface area contributed by atoms with Gasteiger partial charge in [-0.25, -0.2) is 0 Å². The molecule has 40 heavy (non-hydrogen) atoms. The highest BCUT2D eigenvalue weighted by Gasteiger charge is 2.93. The van der Waals surface area contributed by atoms with Crippen LogP contribution in [0, 0.1) is 0 Å². The van der Waals surface area contributed by atoms with Crippen LogP contribution in [0.3, 0.4) is 0 Å². The molecule has 1 aromatic carbocycles. The maximum absolute atomic E-state index is 13.9. The first kappa shape index (κ1) is 25.0. The van der Waals surface area contributed by atoms with Crippen LogP contribution in [0.2, 0.25) is 0 Å². The Balaban J connectivity index is 1.24. The summed E-state index contributed by atoms with van der Waals surface area (Å²) in [6.45, 7) is 8.90. The maximum Gasteiger partial charge on any atom is 0.197 e. The molecule has 212 valence electrons. The van der Waals surface area contributed by atoms with Gasteiger partial charge in [-0.1, -0.05) is 6.58 Å². The fourth-order valence-corrected chi connectivity index (χ4v) is 8.25. The Morgan fingerprint density at radius 2 is 1.68 bits per heavy atom. The third kappa shape index (κ3) is 2.54. The molecule has 1 saturated carbocycles. The lowest BCUT2D eigenvalue weighted by molar-refractivity contribution is -0.238. The summed E-state index contributed by atoms with van der Waals surface area (Å²) >= 11 is 0. The van der Waals surface area contributed by atoms with Crippen molar-refractivity contribution in [2.75, 3.05) is 0 Å². The number of phenolic OH excluding ortho intramolecular Hbond substituents is 2. The fraction of sp³-hybridized carbons (Fsp3) is 0.586. The maximum atomic E-state index is 13.9. The molecule has 4 N–H and O–H groups in total. The summed E-state index contributed by atoms with van der Waals surface area (Å²) in [5.41, 5.74) is -2.95. The number of ether oxygens (including phenoxy) is 5. The Morgan fingerprint density at radius 3 is 2.40 bits per heavy atom. The number of phenols is 2. The van der Waals surface area contributed by atoms with Crippen molar-refractivity contribution in [2.24, 2.45) is 0 Å². The van der Waals surface area contributed by atoms with Crippen LogP contribution in [-0.2, 0) is 29.1 Å². The predicted octanol–water partition coefficient (Wildman–Crippen LogP) is 1.59. The first-order chi connectivity index (χ1) is 18.9. The van der Waals surface area contributed by atoms with Crippen molar-refractivity contribution in [2.45, 2.75) is 106 Å². The number of rotatable bonds is 2. The Morgan fingerprint density at radius 1 is 0.975 bits per heavy atom. The summed E-state index contributed by atoms with van der Waals surface area (Å²) in [7, 11) is 0. The van der Waals surface area contributed by atoms with Crippen LogP contribution in [0.1, 0.15) is 78.0 Å².